The highest BCUT2D eigenvalue weighted by atomic mass is 15.2. The van der Waals surface area contributed by atoms with E-state index in [4.69, 9.17) is 0 Å². The van der Waals surface area contributed by atoms with Gasteiger partial charge in [-0.05, 0) is 37.2 Å². The second-order valence-electron chi connectivity index (χ2n) is 6.49. The Kier molecular flexibility index (Phi) is 11.4. The van der Waals surface area contributed by atoms with E-state index in [-0.39, 0.29) is 0 Å². The van der Waals surface area contributed by atoms with Crippen molar-refractivity contribution >= 4 is 5.84 Å². The smallest absolute Gasteiger partial charge is 0.123 e. The van der Waals surface area contributed by atoms with E-state index in [9.17, 15) is 0 Å². The van der Waals surface area contributed by atoms with Crippen LogP contribution in [0.25, 0.3) is 0 Å². The maximum absolute atomic E-state index is 4.58. The van der Waals surface area contributed by atoms with Crippen molar-refractivity contribution in [3.05, 3.63) is 11.6 Å². The van der Waals surface area contributed by atoms with E-state index in [1.54, 1.807) is 0 Å². The molecule has 1 atom stereocenters. The van der Waals surface area contributed by atoms with Crippen molar-refractivity contribution in [2.45, 2.75) is 73.6 Å². The monoisotopic (exact) mass is 294 g/mol. The summed E-state index contributed by atoms with van der Waals surface area (Å²) >= 11 is 0. The Bertz CT molecular complexity index is 316. The topological polar surface area (TPSA) is 15.6 Å². The average molecular weight is 295 g/mol. The maximum Gasteiger partial charge on any atom is 0.123 e. The van der Waals surface area contributed by atoms with Crippen LogP contribution in [-0.4, -0.2) is 30.9 Å². The van der Waals surface area contributed by atoms with Crippen LogP contribution in [0.5, 0.6) is 0 Å². The second-order valence-corrected chi connectivity index (χ2v) is 6.49. The molecule has 0 spiro atoms. The van der Waals surface area contributed by atoms with Crippen molar-refractivity contribution in [3.8, 4) is 0 Å². The van der Waals surface area contributed by atoms with Crippen molar-refractivity contribution in [2.75, 3.05) is 20.1 Å². The fourth-order valence-electron chi connectivity index (χ4n) is 2.47. The molecule has 0 heterocycles. The van der Waals surface area contributed by atoms with E-state index in [1.807, 2.05) is 7.05 Å². The lowest BCUT2D eigenvalue weighted by Gasteiger charge is -2.26. The molecular weight excluding hydrogens is 256 g/mol. The first-order valence-corrected chi connectivity index (χ1v) is 8.92. The normalized spacial score (nSPS) is 14.7. The molecule has 21 heavy (non-hydrogen) atoms. The first-order valence-electron chi connectivity index (χ1n) is 8.92. The maximum atomic E-state index is 4.58. The van der Waals surface area contributed by atoms with E-state index in [1.165, 1.54) is 43.5 Å². The zero-order valence-corrected chi connectivity index (χ0v) is 15.6. The minimum absolute atomic E-state index is 0.611. The van der Waals surface area contributed by atoms with Gasteiger partial charge in [-0.1, -0.05) is 60.0 Å². The molecule has 2 heteroatoms. The Balaban J connectivity index is 5.00. The van der Waals surface area contributed by atoms with Gasteiger partial charge in [0.1, 0.15) is 5.84 Å². The lowest BCUT2D eigenvalue weighted by Crippen LogP contribution is -2.32. The van der Waals surface area contributed by atoms with Crippen LogP contribution >= 0.6 is 0 Å². The van der Waals surface area contributed by atoms with E-state index in [2.05, 4.69) is 57.5 Å². The number of allylic oxidation sites excluding steroid dienone is 1. The summed E-state index contributed by atoms with van der Waals surface area (Å²) in [5.74, 6) is 2.59. The minimum Gasteiger partial charge on any atom is -0.357 e. The van der Waals surface area contributed by atoms with Crippen molar-refractivity contribution in [1.29, 1.82) is 0 Å². The van der Waals surface area contributed by atoms with Gasteiger partial charge in [-0.15, -0.1) is 0 Å². The predicted molar refractivity (Wildman–Crippen MR) is 97.1 cm³/mol. The number of hydrogen-bond acceptors (Lipinski definition) is 1. The third kappa shape index (κ3) is 8.28. The largest absolute Gasteiger partial charge is 0.357 e. The third-order valence-electron chi connectivity index (χ3n) is 4.23. The molecule has 0 fully saturated rings. The average Bonchev–Trinajstić information content (AvgIpc) is 2.47. The van der Waals surface area contributed by atoms with Gasteiger partial charge in [0.2, 0.25) is 0 Å². The fraction of sp³-hybridized carbons (Fsp3) is 0.842. The van der Waals surface area contributed by atoms with E-state index in [0.717, 1.165) is 19.0 Å². The van der Waals surface area contributed by atoms with Crippen LogP contribution < -0.4 is 0 Å². The van der Waals surface area contributed by atoms with E-state index in [0.29, 0.717) is 5.92 Å². The molecule has 0 N–H and O–H groups in total. The Morgan fingerprint density at radius 1 is 1.05 bits per heavy atom. The molecule has 0 aromatic carbocycles. The summed E-state index contributed by atoms with van der Waals surface area (Å²) < 4.78 is 0. The van der Waals surface area contributed by atoms with Gasteiger partial charge < -0.3 is 4.90 Å². The van der Waals surface area contributed by atoms with Crippen LogP contribution in [-0.2, 0) is 0 Å². The highest BCUT2D eigenvalue weighted by Crippen LogP contribution is 2.17. The number of hydrogen-bond donors (Lipinski definition) is 0. The van der Waals surface area contributed by atoms with Gasteiger partial charge >= 0.3 is 0 Å². The molecular formula is C19H38N2. The Hall–Kier alpha value is -0.790. The lowest BCUT2D eigenvalue weighted by molar-refractivity contribution is 0.367. The quantitative estimate of drug-likeness (QED) is 0.381. The molecule has 0 saturated carbocycles. The Morgan fingerprint density at radius 3 is 2.14 bits per heavy atom. The van der Waals surface area contributed by atoms with Crippen LogP contribution in [0, 0.1) is 11.8 Å². The van der Waals surface area contributed by atoms with Crippen molar-refractivity contribution < 1.29 is 0 Å². The van der Waals surface area contributed by atoms with Crippen LogP contribution in [0.15, 0.2) is 16.6 Å². The first-order chi connectivity index (χ1) is 9.99. The number of rotatable bonds is 10. The number of aliphatic imine (C=N–C) groups is 1. The molecule has 0 amide bonds. The summed E-state index contributed by atoms with van der Waals surface area (Å²) in [5.41, 5.74) is 1.53. The summed E-state index contributed by atoms with van der Waals surface area (Å²) in [5, 5.41) is 0. The molecule has 0 radical (unpaired) electrons. The summed E-state index contributed by atoms with van der Waals surface area (Å²) in [6, 6.07) is 0. The zero-order chi connectivity index (χ0) is 16.3. The molecule has 0 aromatic heterocycles. The second kappa shape index (κ2) is 11.8. The van der Waals surface area contributed by atoms with Crippen molar-refractivity contribution in [1.82, 2.24) is 4.90 Å². The van der Waals surface area contributed by atoms with Gasteiger partial charge in [0.05, 0.1) is 0 Å². The molecule has 0 rings (SSSR count). The molecule has 0 aliphatic heterocycles. The predicted octanol–water partition coefficient (Wildman–Crippen LogP) is 5.55. The SMILES string of the molecule is CCC/C(=C\C(=NC)N(CCC)CCC(C)CC)C(C)C. The summed E-state index contributed by atoms with van der Waals surface area (Å²) in [6.45, 7) is 16.0. The fourth-order valence-corrected chi connectivity index (χ4v) is 2.47. The van der Waals surface area contributed by atoms with Crippen LogP contribution in [0.3, 0.4) is 0 Å². The third-order valence-corrected chi connectivity index (χ3v) is 4.23. The molecule has 0 saturated heterocycles. The van der Waals surface area contributed by atoms with Crippen molar-refractivity contribution in [3.63, 3.8) is 0 Å². The van der Waals surface area contributed by atoms with E-state index < -0.39 is 0 Å². The Labute approximate surface area is 133 Å². The molecule has 0 aliphatic carbocycles. The molecule has 0 aliphatic rings. The number of amidine groups is 1. The van der Waals surface area contributed by atoms with Gasteiger partial charge in [-0.25, -0.2) is 0 Å². The van der Waals surface area contributed by atoms with Gasteiger partial charge in [0.15, 0.2) is 0 Å². The standard InChI is InChI=1S/C19H38N2/c1-8-11-18(16(4)5)15-19(20-7)21(13-9-2)14-12-17(6)10-3/h15-17H,8-14H2,1-7H3/b18-15+,20-19?. The summed E-state index contributed by atoms with van der Waals surface area (Å²) in [7, 11) is 1.93. The van der Waals surface area contributed by atoms with Crippen molar-refractivity contribution in [2.24, 2.45) is 16.8 Å². The molecule has 2 nitrogen and oxygen atoms in total. The molecule has 1 unspecified atom stereocenters. The van der Waals surface area contributed by atoms with Gasteiger partial charge in [-0.3, -0.25) is 4.99 Å². The first kappa shape index (κ1) is 20.2. The Morgan fingerprint density at radius 2 is 1.71 bits per heavy atom. The zero-order valence-electron chi connectivity index (χ0n) is 15.6. The van der Waals surface area contributed by atoms with Crippen LogP contribution in [0.4, 0.5) is 0 Å². The van der Waals surface area contributed by atoms with Gasteiger partial charge in [0.25, 0.3) is 0 Å². The van der Waals surface area contributed by atoms with Gasteiger partial charge in [-0.2, -0.15) is 0 Å². The van der Waals surface area contributed by atoms with Crippen LogP contribution in [0.2, 0.25) is 0 Å². The van der Waals surface area contributed by atoms with Gasteiger partial charge in [0, 0.05) is 20.1 Å². The van der Waals surface area contributed by atoms with E-state index >= 15 is 0 Å². The minimum atomic E-state index is 0.611. The molecule has 0 aromatic rings. The molecule has 0 bridgehead atoms. The number of nitrogens with zero attached hydrogens (tertiary/aromatic N) is 2. The lowest BCUT2D eigenvalue weighted by atomic mass is 9.98. The van der Waals surface area contributed by atoms with Crippen LogP contribution in [0.1, 0.15) is 73.6 Å². The summed E-state index contributed by atoms with van der Waals surface area (Å²) in [6.07, 6.45) is 8.44. The highest BCUT2D eigenvalue weighted by molar-refractivity contribution is 5.93. The molecule has 124 valence electrons. The highest BCUT2D eigenvalue weighted by Gasteiger charge is 2.12. The summed E-state index contributed by atoms with van der Waals surface area (Å²) in [4.78, 5) is 7.06.